The Hall–Kier alpha value is -3.54. The standard InChI is InChI=1S/C24H21F2N3O/c25-19-11-7-17(8-12-19)16-29-22-5-2-1-4-21(22)28-23(29)6-3-15-27-24(30)18-9-13-20(26)14-10-18/h1-2,4-5,7-14H,3,6,15-16H2,(H,27,30). The van der Waals surface area contributed by atoms with Crippen LogP contribution in [0.15, 0.2) is 72.8 Å². The first-order valence-electron chi connectivity index (χ1n) is 9.82. The Kier molecular flexibility index (Phi) is 5.84. The number of carbonyl (C=O) groups is 1. The lowest BCUT2D eigenvalue weighted by Gasteiger charge is -2.10. The van der Waals surface area contributed by atoms with Gasteiger partial charge in [0, 0.05) is 25.1 Å². The quantitative estimate of drug-likeness (QED) is 0.452. The van der Waals surface area contributed by atoms with Crippen LogP contribution in [0.5, 0.6) is 0 Å². The number of rotatable bonds is 7. The van der Waals surface area contributed by atoms with Gasteiger partial charge in [-0.25, -0.2) is 13.8 Å². The molecule has 1 heterocycles. The van der Waals surface area contributed by atoms with Gasteiger partial charge in [-0.3, -0.25) is 4.79 Å². The van der Waals surface area contributed by atoms with Gasteiger partial charge in [0.05, 0.1) is 11.0 Å². The summed E-state index contributed by atoms with van der Waals surface area (Å²) in [6.45, 7) is 1.08. The van der Waals surface area contributed by atoms with Crippen molar-refractivity contribution in [3.05, 3.63) is 101 Å². The number of nitrogens with one attached hydrogen (secondary N) is 1. The molecule has 0 saturated heterocycles. The minimum absolute atomic E-state index is 0.227. The molecule has 0 spiro atoms. The molecule has 30 heavy (non-hydrogen) atoms. The number of benzene rings is 3. The van der Waals surface area contributed by atoms with Gasteiger partial charge in [-0.2, -0.15) is 0 Å². The minimum atomic E-state index is -0.369. The van der Waals surface area contributed by atoms with Gasteiger partial charge in [0.15, 0.2) is 0 Å². The van der Waals surface area contributed by atoms with Gasteiger partial charge < -0.3 is 9.88 Å². The molecular weight excluding hydrogens is 384 g/mol. The van der Waals surface area contributed by atoms with Crippen molar-refractivity contribution < 1.29 is 13.6 Å². The maximum absolute atomic E-state index is 13.2. The summed E-state index contributed by atoms with van der Waals surface area (Å²) >= 11 is 0. The van der Waals surface area contributed by atoms with E-state index in [-0.39, 0.29) is 17.5 Å². The molecule has 0 unspecified atom stereocenters. The summed E-state index contributed by atoms with van der Waals surface area (Å²) in [5.74, 6) is 0.0596. The first-order valence-corrected chi connectivity index (χ1v) is 9.82. The van der Waals surface area contributed by atoms with Crippen LogP contribution in [-0.4, -0.2) is 22.0 Å². The maximum atomic E-state index is 13.2. The Labute approximate surface area is 173 Å². The third-order valence-electron chi connectivity index (χ3n) is 4.96. The van der Waals surface area contributed by atoms with Gasteiger partial charge in [-0.05, 0) is 60.5 Å². The van der Waals surface area contributed by atoms with Crippen LogP contribution in [0.3, 0.4) is 0 Å². The van der Waals surface area contributed by atoms with E-state index >= 15 is 0 Å². The monoisotopic (exact) mass is 405 g/mol. The average Bonchev–Trinajstić information content (AvgIpc) is 3.10. The highest BCUT2D eigenvalue weighted by Gasteiger charge is 2.11. The predicted octanol–water partition coefficient (Wildman–Crippen LogP) is 4.73. The molecule has 0 aliphatic carbocycles. The number of fused-ring (bicyclic) bond motifs is 1. The van der Waals surface area contributed by atoms with E-state index in [0.717, 1.165) is 22.4 Å². The molecule has 0 atom stereocenters. The normalized spacial score (nSPS) is 11.0. The molecule has 1 aromatic heterocycles. The second kappa shape index (κ2) is 8.86. The second-order valence-electron chi connectivity index (χ2n) is 7.10. The number of nitrogens with zero attached hydrogens (tertiary/aromatic N) is 2. The van der Waals surface area contributed by atoms with Crippen LogP contribution >= 0.6 is 0 Å². The van der Waals surface area contributed by atoms with Gasteiger partial charge in [0.2, 0.25) is 0 Å². The molecule has 0 aliphatic rings. The summed E-state index contributed by atoms with van der Waals surface area (Å²) in [5, 5.41) is 2.86. The molecule has 0 radical (unpaired) electrons. The molecule has 3 aromatic carbocycles. The number of para-hydroxylation sites is 2. The van der Waals surface area contributed by atoms with Crippen LogP contribution in [-0.2, 0) is 13.0 Å². The number of halogens is 2. The van der Waals surface area contributed by atoms with E-state index in [0.29, 0.717) is 31.5 Å². The molecule has 1 N–H and O–H groups in total. The Balaban J connectivity index is 1.43. The van der Waals surface area contributed by atoms with Crippen molar-refractivity contribution in [1.82, 2.24) is 14.9 Å². The molecule has 4 nitrogen and oxygen atoms in total. The molecule has 6 heteroatoms. The van der Waals surface area contributed by atoms with Crippen LogP contribution in [0.2, 0.25) is 0 Å². The van der Waals surface area contributed by atoms with Crippen LogP contribution < -0.4 is 5.32 Å². The average molecular weight is 405 g/mol. The minimum Gasteiger partial charge on any atom is -0.352 e. The van der Waals surface area contributed by atoms with Crippen molar-refractivity contribution in [2.45, 2.75) is 19.4 Å². The zero-order valence-electron chi connectivity index (χ0n) is 16.3. The van der Waals surface area contributed by atoms with Crippen molar-refractivity contribution in [1.29, 1.82) is 0 Å². The third kappa shape index (κ3) is 4.54. The summed E-state index contributed by atoms with van der Waals surface area (Å²) < 4.78 is 28.4. The fourth-order valence-corrected chi connectivity index (χ4v) is 3.42. The highest BCUT2D eigenvalue weighted by Crippen LogP contribution is 2.19. The molecule has 0 aliphatic heterocycles. The van der Waals surface area contributed by atoms with Crippen molar-refractivity contribution in [3.8, 4) is 0 Å². The second-order valence-corrected chi connectivity index (χ2v) is 7.10. The van der Waals surface area contributed by atoms with E-state index in [1.54, 1.807) is 12.1 Å². The lowest BCUT2D eigenvalue weighted by molar-refractivity contribution is 0.0953. The van der Waals surface area contributed by atoms with E-state index in [2.05, 4.69) is 9.88 Å². The maximum Gasteiger partial charge on any atom is 0.251 e. The van der Waals surface area contributed by atoms with Gasteiger partial charge in [-0.1, -0.05) is 24.3 Å². The van der Waals surface area contributed by atoms with E-state index in [4.69, 9.17) is 4.98 Å². The molecule has 1 amide bonds. The SMILES string of the molecule is O=C(NCCCc1nc2ccccc2n1Cc1ccc(F)cc1)c1ccc(F)cc1. The number of aryl methyl sites for hydroxylation is 1. The molecule has 0 fully saturated rings. The Bertz CT molecular complexity index is 1150. The Morgan fingerprint density at radius 1 is 0.900 bits per heavy atom. The molecule has 4 aromatic rings. The van der Waals surface area contributed by atoms with Gasteiger partial charge in [0.25, 0.3) is 5.91 Å². The van der Waals surface area contributed by atoms with Crippen molar-refractivity contribution in [2.75, 3.05) is 6.54 Å². The number of amides is 1. The van der Waals surface area contributed by atoms with Crippen LogP contribution in [0, 0.1) is 11.6 Å². The van der Waals surface area contributed by atoms with Crippen LogP contribution in [0.1, 0.15) is 28.2 Å². The molecular formula is C24H21F2N3O. The first-order chi connectivity index (χ1) is 14.6. The largest absolute Gasteiger partial charge is 0.352 e. The Morgan fingerprint density at radius 2 is 1.57 bits per heavy atom. The number of hydrogen-bond acceptors (Lipinski definition) is 2. The van der Waals surface area contributed by atoms with Crippen molar-refractivity contribution in [2.24, 2.45) is 0 Å². The highest BCUT2D eigenvalue weighted by atomic mass is 19.1. The Morgan fingerprint density at radius 3 is 2.30 bits per heavy atom. The summed E-state index contributed by atoms with van der Waals surface area (Å²) in [6.07, 6.45) is 1.39. The summed E-state index contributed by atoms with van der Waals surface area (Å²) in [5.41, 5.74) is 3.35. The van der Waals surface area contributed by atoms with Gasteiger partial charge in [0.1, 0.15) is 17.5 Å². The first kappa shape index (κ1) is 19.8. The van der Waals surface area contributed by atoms with E-state index in [9.17, 15) is 13.6 Å². The zero-order valence-corrected chi connectivity index (χ0v) is 16.3. The van der Waals surface area contributed by atoms with Gasteiger partial charge >= 0.3 is 0 Å². The van der Waals surface area contributed by atoms with Crippen molar-refractivity contribution >= 4 is 16.9 Å². The smallest absolute Gasteiger partial charge is 0.251 e. The third-order valence-corrected chi connectivity index (χ3v) is 4.96. The lowest BCUT2D eigenvalue weighted by atomic mass is 10.2. The van der Waals surface area contributed by atoms with E-state index in [1.165, 1.54) is 36.4 Å². The number of carbonyl (C=O) groups excluding carboxylic acids is 1. The van der Waals surface area contributed by atoms with Gasteiger partial charge in [-0.15, -0.1) is 0 Å². The topological polar surface area (TPSA) is 46.9 Å². The molecule has 0 bridgehead atoms. The summed E-state index contributed by atoms with van der Waals surface area (Å²) in [6, 6.07) is 19.8. The van der Waals surface area contributed by atoms with E-state index < -0.39 is 0 Å². The number of imidazole rings is 1. The molecule has 152 valence electrons. The molecule has 0 saturated carbocycles. The van der Waals surface area contributed by atoms with Crippen LogP contribution in [0.4, 0.5) is 8.78 Å². The predicted molar refractivity (Wildman–Crippen MR) is 112 cm³/mol. The number of hydrogen-bond donors (Lipinski definition) is 1. The highest BCUT2D eigenvalue weighted by molar-refractivity contribution is 5.94. The fraction of sp³-hybridized carbons (Fsp3) is 0.167. The van der Waals surface area contributed by atoms with E-state index in [1.807, 2.05) is 24.3 Å². The fourth-order valence-electron chi connectivity index (χ4n) is 3.42. The zero-order chi connectivity index (χ0) is 20.9. The number of aromatic nitrogens is 2. The van der Waals surface area contributed by atoms with Crippen LogP contribution in [0.25, 0.3) is 11.0 Å². The summed E-state index contributed by atoms with van der Waals surface area (Å²) in [4.78, 5) is 16.9. The lowest BCUT2D eigenvalue weighted by Crippen LogP contribution is -2.25. The summed E-state index contributed by atoms with van der Waals surface area (Å²) in [7, 11) is 0. The molecule has 4 rings (SSSR count). The van der Waals surface area contributed by atoms with Crippen molar-refractivity contribution in [3.63, 3.8) is 0 Å².